The first kappa shape index (κ1) is 21.8. The lowest BCUT2D eigenvalue weighted by molar-refractivity contribution is -0.142. The van der Waals surface area contributed by atoms with Gasteiger partial charge in [-0.2, -0.15) is 0 Å². The molecule has 1 aromatic carbocycles. The second kappa shape index (κ2) is 11.4. The average molecular weight is 390 g/mol. The Morgan fingerprint density at radius 3 is 2.60 bits per heavy atom. The molecule has 0 fully saturated rings. The number of unbranched alkanes of at least 4 members (excludes halogenated alkanes) is 2. The summed E-state index contributed by atoms with van der Waals surface area (Å²) >= 11 is 7.31. The Kier molecular flexibility index (Phi) is 9.90. The van der Waals surface area contributed by atoms with Crippen molar-refractivity contribution in [1.82, 2.24) is 0 Å². The fourth-order valence-corrected chi connectivity index (χ4v) is 3.43. The van der Waals surface area contributed by atoms with Crippen LogP contribution in [0.15, 0.2) is 17.0 Å². The van der Waals surface area contributed by atoms with E-state index in [1.165, 1.54) is 17.8 Å². The van der Waals surface area contributed by atoms with Crippen molar-refractivity contribution < 1.29 is 18.7 Å². The summed E-state index contributed by atoms with van der Waals surface area (Å²) in [5.41, 5.74) is 0.0760. The van der Waals surface area contributed by atoms with E-state index >= 15 is 0 Å². The van der Waals surface area contributed by atoms with Gasteiger partial charge in [-0.1, -0.05) is 38.3 Å². The third kappa shape index (κ3) is 7.24. The molecule has 1 rings (SSSR count). The van der Waals surface area contributed by atoms with Gasteiger partial charge in [0.15, 0.2) is 0 Å². The summed E-state index contributed by atoms with van der Waals surface area (Å²) in [6, 6.07) is 2.63. The minimum atomic E-state index is -0.595. The van der Waals surface area contributed by atoms with Gasteiger partial charge in [0.05, 0.1) is 17.3 Å². The Bertz CT molecular complexity index is 598. The second-order valence-electron chi connectivity index (χ2n) is 5.53. The first-order valence-electron chi connectivity index (χ1n) is 8.55. The summed E-state index contributed by atoms with van der Waals surface area (Å²) in [7, 11) is 0. The van der Waals surface area contributed by atoms with Gasteiger partial charge in [-0.05, 0) is 31.9 Å². The number of rotatable bonds is 10. The van der Waals surface area contributed by atoms with E-state index in [1.54, 1.807) is 6.92 Å². The molecule has 1 N–H and O–H groups in total. The number of anilines is 1. The zero-order valence-electron chi connectivity index (χ0n) is 14.9. The summed E-state index contributed by atoms with van der Waals surface area (Å²) < 4.78 is 19.1. The van der Waals surface area contributed by atoms with E-state index in [2.05, 4.69) is 5.32 Å². The topological polar surface area (TPSA) is 55.4 Å². The fraction of sp³-hybridized carbons (Fsp3) is 0.556. The number of hydrogen-bond donors (Lipinski definition) is 1. The number of hydrogen-bond acceptors (Lipinski definition) is 4. The normalized spacial score (nSPS) is 11.9. The highest BCUT2D eigenvalue weighted by molar-refractivity contribution is 8.00. The summed E-state index contributed by atoms with van der Waals surface area (Å²) in [6.07, 6.45) is 3.62. The zero-order chi connectivity index (χ0) is 18.8. The third-order valence-electron chi connectivity index (χ3n) is 3.49. The van der Waals surface area contributed by atoms with Crippen LogP contribution >= 0.6 is 23.4 Å². The average Bonchev–Trinajstić information content (AvgIpc) is 2.56. The van der Waals surface area contributed by atoms with Crippen LogP contribution in [-0.4, -0.2) is 23.7 Å². The number of benzene rings is 1. The molecule has 4 nitrogen and oxygen atoms in total. The van der Waals surface area contributed by atoms with Crippen molar-refractivity contribution in [2.45, 2.75) is 63.0 Å². The molecule has 1 aromatic rings. The van der Waals surface area contributed by atoms with Gasteiger partial charge in [-0.15, -0.1) is 11.8 Å². The van der Waals surface area contributed by atoms with E-state index in [-0.39, 0.29) is 22.6 Å². The van der Waals surface area contributed by atoms with E-state index in [4.69, 9.17) is 16.3 Å². The maximum absolute atomic E-state index is 14.1. The summed E-state index contributed by atoms with van der Waals surface area (Å²) in [5.74, 6) is -1.16. The first-order chi connectivity index (χ1) is 11.9. The smallest absolute Gasteiger partial charge is 0.319 e. The van der Waals surface area contributed by atoms with E-state index in [9.17, 15) is 14.0 Å². The third-order valence-corrected chi connectivity index (χ3v) is 5.32. The van der Waals surface area contributed by atoms with E-state index in [1.807, 2.05) is 13.8 Å². The molecule has 0 aliphatic rings. The van der Waals surface area contributed by atoms with Gasteiger partial charge in [0.2, 0.25) is 5.91 Å². The van der Waals surface area contributed by atoms with E-state index in [0.29, 0.717) is 24.3 Å². The molecule has 140 valence electrons. The SMILES string of the molecule is CCCCCC(=O)Nc1cc(SC(CC)C(=O)OCC)c(Cl)cc1F. The molecule has 0 radical (unpaired) electrons. The van der Waals surface area contributed by atoms with Gasteiger partial charge in [-0.3, -0.25) is 9.59 Å². The Balaban J connectivity index is 2.87. The van der Waals surface area contributed by atoms with Crippen molar-refractivity contribution in [3.8, 4) is 0 Å². The van der Waals surface area contributed by atoms with Crippen LogP contribution in [0.4, 0.5) is 10.1 Å². The highest BCUT2D eigenvalue weighted by Crippen LogP contribution is 2.35. The van der Waals surface area contributed by atoms with Gasteiger partial charge in [0.1, 0.15) is 11.1 Å². The standard InChI is InChI=1S/C18H25ClFNO3S/c1-4-7-8-9-17(22)21-14-11-16(12(19)10-13(14)20)25-15(5-2)18(23)24-6-3/h10-11,15H,4-9H2,1-3H3,(H,21,22). The molecular formula is C18H25ClFNO3S. The monoisotopic (exact) mass is 389 g/mol. The summed E-state index contributed by atoms with van der Waals surface area (Å²) in [6.45, 7) is 5.95. The second-order valence-corrected chi connectivity index (χ2v) is 7.19. The lowest BCUT2D eigenvalue weighted by atomic mass is 10.2. The van der Waals surface area contributed by atoms with Crippen molar-refractivity contribution in [3.63, 3.8) is 0 Å². The molecule has 0 saturated carbocycles. The van der Waals surface area contributed by atoms with Gasteiger partial charge in [0.25, 0.3) is 0 Å². The molecule has 25 heavy (non-hydrogen) atoms. The van der Waals surface area contributed by atoms with Crippen LogP contribution in [-0.2, 0) is 14.3 Å². The highest BCUT2D eigenvalue weighted by atomic mass is 35.5. The number of carbonyl (C=O) groups is 2. The zero-order valence-corrected chi connectivity index (χ0v) is 16.4. The Morgan fingerprint density at radius 2 is 2.00 bits per heavy atom. The minimum Gasteiger partial charge on any atom is -0.465 e. The molecule has 0 heterocycles. The maximum Gasteiger partial charge on any atom is 0.319 e. The van der Waals surface area contributed by atoms with Crippen molar-refractivity contribution in [3.05, 3.63) is 23.0 Å². The van der Waals surface area contributed by atoms with Gasteiger partial charge < -0.3 is 10.1 Å². The predicted octanol–water partition coefficient (Wildman–Crippen LogP) is 5.43. The molecule has 1 unspecified atom stereocenters. The predicted molar refractivity (Wildman–Crippen MR) is 101 cm³/mol. The van der Waals surface area contributed by atoms with Crippen molar-refractivity contribution >= 4 is 40.9 Å². The van der Waals surface area contributed by atoms with Crippen LogP contribution in [0.2, 0.25) is 5.02 Å². The number of ether oxygens (including phenoxy) is 1. The number of thioether (sulfide) groups is 1. The molecule has 0 bridgehead atoms. The molecule has 1 amide bonds. The number of esters is 1. The molecular weight excluding hydrogens is 365 g/mol. The summed E-state index contributed by atoms with van der Waals surface area (Å²) in [5, 5.41) is 2.35. The van der Waals surface area contributed by atoms with Crippen LogP contribution < -0.4 is 5.32 Å². The van der Waals surface area contributed by atoms with Crippen LogP contribution in [0.1, 0.15) is 52.9 Å². The van der Waals surface area contributed by atoms with Gasteiger partial charge >= 0.3 is 5.97 Å². The van der Waals surface area contributed by atoms with E-state index in [0.717, 1.165) is 25.3 Å². The van der Waals surface area contributed by atoms with Crippen LogP contribution in [0, 0.1) is 5.82 Å². The number of nitrogens with one attached hydrogen (secondary N) is 1. The Labute approximate surface area is 157 Å². The molecule has 0 aliphatic heterocycles. The number of carbonyl (C=O) groups excluding carboxylic acids is 2. The largest absolute Gasteiger partial charge is 0.465 e. The minimum absolute atomic E-state index is 0.0760. The molecule has 0 saturated heterocycles. The van der Waals surface area contributed by atoms with Crippen molar-refractivity contribution in [1.29, 1.82) is 0 Å². The molecule has 7 heteroatoms. The maximum atomic E-state index is 14.1. The van der Waals surface area contributed by atoms with Crippen molar-refractivity contribution in [2.75, 3.05) is 11.9 Å². The lowest BCUT2D eigenvalue weighted by Gasteiger charge is -2.15. The first-order valence-corrected chi connectivity index (χ1v) is 9.80. The van der Waals surface area contributed by atoms with Crippen molar-refractivity contribution in [2.24, 2.45) is 0 Å². The van der Waals surface area contributed by atoms with Crippen LogP contribution in [0.5, 0.6) is 0 Å². The lowest BCUT2D eigenvalue weighted by Crippen LogP contribution is -2.19. The van der Waals surface area contributed by atoms with E-state index < -0.39 is 11.1 Å². The number of halogens is 2. The van der Waals surface area contributed by atoms with Crippen LogP contribution in [0.3, 0.4) is 0 Å². The van der Waals surface area contributed by atoms with Crippen LogP contribution in [0.25, 0.3) is 0 Å². The Morgan fingerprint density at radius 1 is 1.28 bits per heavy atom. The van der Waals surface area contributed by atoms with Gasteiger partial charge in [0, 0.05) is 11.3 Å². The Hall–Kier alpha value is -1.27. The quantitative estimate of drug-likeness (QED) is 0.329. The molecule has 0 spiro atoms. The van der Waals surface area contributed by atoms with Gasteiger partial charge in [-0.25, -0.2) is 4.39 Å². The highest BCUT2D eigenvalue weighted by Gasteiger charge is 2.21. The number of amides is 1. The summed E-state index contributed by atoms with van der Waals surface area (Å²) in [4.78, 5) is 24.4. The molecule has 0 aromatic heterocycles. The fourth-order valence-electron chi connectivity index (χ4n) is 2.15. The molecule has 0 aliphatic carbocycles. The molecule has 1 atom stereocenters.